The lowest BCUT2D eigenvalue weighted by molar-refractivity contribution is 0.581. The van der Waals surface area contributed by atoms with E-state index in [2.05, 4.69) is 48.5 Å². The van der Waals surface area contributed by atoms with Crippen molar-refractivity contribution >= 4 is 28.8 Å². The number of hydrogen-bond acceptors (Lipinski definition) is 4. The zero-order valence-corrected chi connectivity index (χ0v) is 14.3. The Balaban J connectivity index is 2.15. The van der Waals surface area contributed by atoms with Gasteiger partial charge in [-0.25, -0.2) is 4.98 Å². The van der Waals surface area contributed by atoms with Gasteiger partial charge in [0, 0.05) is 24.0 Å². The van der Waals surface area contributed by atoms with Gasteiger partial charge in [0.15, 0.2) is 0 Å². The van der Waals surface area contributed by atoms with Crippen LogP contribution in [0.1, 0.15) is 31.3 Å². The van der Waals surface area contributed by atoms with E-state index in [0.717, 1.165) is 29.6 Å². The first-order chi connectivity index (χ1) is 10.1. The van der Waals surface area contributed by atoms with Gasteiger partial charge in [0.25, 0.3) is 0 Å². The molecule has 2 aromatic heterocycles. The van der Waals surface area contributed by atoms with Crippen LogP contribution >= 0.6 is 22.9 Å². The average molecular weight is 324 g/mol. The molecule has 0 amide bonds. The minimum absolute atomic E-state index is 0.417. The van der Waals surface area contributed by atoms with Gasteiger partial charge in [-0.3, -0.25) is 0 Å². The van der Waals surface area contributed by atoms with Crippen molar-refractivity contribution in [2.75, 3.05) is 11.4 Å². The van der Waals surface area contributed by atoms with Crippen LogP contribution in [0.2, 0.25) is 5.02 Å². The second-order valence-electron chi connectivity index (χ2n) is 5.23. The molecule has 3 nitrogen and oxygen atoms in total. The Hall–Kier alpha value is -1.10. The van der Waals surface area contributed by atoms with E-state index in [-0.39, 0.29) is 0 Å². The first-order valence-corrected chi connectivity index (χ1v) is 8.52. The standard InChI is InChI=1S/C16H22ClN3S/c1-4-20(11-13-6-5-9-21-13)16-8-7-14(17)15(19-16)10-18-12(2)3/h5-9,12,18H,4,10-11H2,1-3H3. The molecule has 2 heterocycles. The summed E-state index contributed by atoms with van der Waals surface area (Å²) in [6, 6.07) is 8.60. The third-order valence-electron chi connectivity index (χ3n) is 3.21. The number of nitrogens with zero attached hydrogens (tertiary/aromatic N) is 2. The van der Waals surface area contributed by atoms with Crippen molar-refractivity contribution in [2.24, 2.45) is 0 Å². The zero-order valence-electron chi connectivity index (χ0n) is 12.8. The van der Waals surface area contributed by atoms with E-state index < -0.39 is 0 Å². The van der Waals surface area contributed by atoms with E-state index in [1.807, 2.05) is 12.1 Å². The van der Waals surface area contributed by atoms with Gasteiger partial charge in [-0.1, -0.05) is 31.5 Å². The van der Waals surface area contributed by atoms with Crippen molar-refractivity contribution in [3.8, 4) is 0 Å². The monoisotopic (exact) mass is 323 g/mol. The molecular weight excluding hydrogens is 302 g/mol. The maximum absolute atomic E-state index is 6.25. The molecule has 2 aromatic rings. The quantitative estimate of drug-likeness (QED) is 0.822. The summed E-state index contributed by atoms with van der Waals surface area (Å²) in [6.45, 7) is 8.89. The number of anilines is 1. The predicted molar refractivity (Wildman–Crippen MR) is 92.3 cm³/mol. The number of hydrogen-bond donors (Lipinski definition) is 1. The lowest BCUT2D eigenvalue weighted by Gasteiger charge is -2.22. The van der Waals surface area contributed by atoms with Crippen molar-refractivity contribution in [1.82, 2.24) is 10.3 Å². The lowest BCUT2D eigenvalue weighted by atomic mass is 10.3. The normalized spacial score (nSPS) is 11.1. The van der Waals surface area contributed by atoms with E-state index in [4.69, 9.17) is 16.6 Å². The smallest absolute Gasteiger partial charge is 0.129 e. The third-order valence-corrected chi connectivity index (χ3v) is 4.42. The summed E-state index contributed by atoms with van der Waals surface area (Å²) in [5.41, 5.74) is 0.910. The molecule has 0 bridgehead atoms. The molecule has 2 rings (SSSR count). The molecule has 0 spiro atoms. The van der Waals surface area contributed by atoms with Crippen LogP contribution in [0.25, 0.3) is 0 Å². The number of aromatic nitrogens is 1. The minimum Gasteiger partial charge on any atom is -0.352 e. The van der Waals surface area contributed by atoms with Gasteiger partial charge in [0.1, 0.15) is 5.82 Å². The van der Waals surface area contributed by atoms with Crippen LogP contribution in [0, 0.1) is 0 Å². The highest BCUT2D eigenvalue weighted by Gasteiger charge is 2.11. The van der Waals surface area contributed by atoms with Crippen molar-refractivity contribution in [2.45, 2.75) is 39.9 Å². The Labute approximate surface area is 136 Å². The molecule has 0 aliphatic heterocycles. The van der Waals surface area contributed by atoms with Crippen LogP contribution < -0.4 is 10.2 Å². The van der Waals surface area contributed by atoms with Crippen LogP contribution in [0.5, 0.6) is 0 Å². The molecule has 0 aromatic carbocycles. The van der Waals surface area contributed by atoms with E-state index in [1.54, 1.807) is 11.3 Å². The fourth-order valence-corrected chi connectivity index (χ4v) is 2.91. The van der Waals surface area contributed by atoms with E-state index in [9.17, 15) is 0 Å². The SMILES string of the molecule is CCN(Cc1cccs1)c1ccc(Cl)c(CNC(C)C)n1. The molecule has 0 unspecified atom stereocenters. The predicted octanol–water partition coefficient (Wildman–Crippen LogP) is 4.32. The third kappa shape index (κ3) is 4.70. The Bertz CT molecular complexity index is 555. The number of rotatable bonds is 7. The summed E-state index contributed by atoms with van der Waals surface area (Å²) in [5, 5.41) is 6.20. The van der Waals surface area contributed by atoms with Gasteiger partial charge >= 0.3 is 0 Å². The van der Waals surface area contributed by atoms with Crippen molar-refractivity contribution in [1.29, 1.82) is 0 Å². The Kier molecular flexibility index (Phi) is 6.03. The van der Waals surface area contributed by atoms with Crippen molar-refractivity contribution in [3.63, 3.8) is 0 Å². The lowest BCUT2D eigenvalue weighted by Crippen LogP contribution is -2.25. The number of pyridine rings is 1. The van der Waals surface area contributed by atoms with E-state index in [1.165, 1.54) is 4.88 Å². The largest absolute Gasteiger partial charge is 0.352 e. The fourth-order valence-electron chi connectivity index (χ4n) is 2.02. The maximum Gasteiger partial charge on any atom is 0.129 e. The Morgan fingerprint density at radius 3 is 2.76 bits per heavy atom. The minimum atomic E-state index is 0.417. The summed E-state index contributed by atoms with van der Waals surface area (Å²) in [6.07, 6.45) is 0. The molecule has 1 N–H and O–H groups in total. The summed E-state index contributed by atoms with van der Waals surface area (Å²) in [5.74, 6) is 0.982. The molecule has 0 atom stereocenters. The summed E-state index contributed by atoms with van der Waals surface area (Å²) < 4.78 is 0. The molecule has 0 radical (unpaired) electrons. The molecule has 0 saturated heterocycles. The van der Waals surface area contributed by atoms with Gasteiger partial charge < -0.3 is 10.2 Å². The summed E-state index contributed by atoms with van der Waals surface area (Å²) in [4.78, 5) is 8.34. The van der Waals surface area contributed by atoms with Crippen LogP contribution in [0.15, 0.2) is 29.6 Å². The highest BCUT2D eigenvalue weighted by molar-refractivity contribution is 7.09. The van der Waals surface area contributed by atoms with Crippen molar-refractivity contribution in [3.05, 3.63) is 45.2 Å². The highest BCUT2D eigenvalue weighted by atomic mass is 35.5. The summed E-state index contributed by atoms with van der Waals surface area (Å²) >= 11 is 8.03. The summed E-state index contributed by atoms with van der Waals surface area (Å²) in [7, 11) is 0. The molecule has 114 valence electrons. The van der Waals surface area contributed by atoms with Crippen molar-refractivity contribution < 1.29 is 0 Å². The Morgan fingerprint density at radius 1 is 1.33 bits per heavy atom. The maximum atomic E-state index is 6.25. The highest BCUT2D eigenvalue weighted by Crippen LogP contribution is 2.22. The Morgan fingerprint density at radius 2 is 2.14 bits per heavy atom. The molecular formula is C16H22ClN3S. The van der Waals surface area contributed by atoms with E-state index in [0.29, 0.717) is 12.6 Å². The first-order valence-electron chi connectivity index (χ1n) is 7.26. The molecule has 21 heavy (non-hydrogen) atoms. The number of thiophene rings is 1. The topological polar surface area (TPSA) is 28.2 Å². The molecule has 0 saturated carbocycles. The van der Waals surface area contributed by atoms with Crippen LogP contribution in [-0.4, -0.2) is 17.6 Å². The molecule has 5 heteroatoms. The molecule has 0 aliphatic carbocycles. The average Bonchev–Trinajstić information content (AvgIpc) is 2.97. The van der Waals surface area contributed by atoms with Crippen LogP contribution in [0.3, 0.4) is 0 Å². The van der Waals surface area contributed by atoms with Crippen LogP contribution in [0.4, 0.5) is 5.82 Å². The van der Waals surface area contributed by atoms with Crippen LogP contribution in [-0.2, 0) is 13.1 Å². The van der Waals surface area contributed by atoms with Gasteiger partial charge in [0.2, 0.25) is 0 Å². The second-order valence-corrected chi connectivity index (χ2v) is 6.67. The van der Waals surface area contributed by atoms with Gasteiger partial charge in [0.05, 0.1) is 17.3 Å². The second kappa shape index (κ2) is 7.78. The number of halogens is 1. The first kappa shape index (κ1) is 16.3. The molecule has 0 fully saturated rings. The fraction of sp³-hybridized carbons (Fsp3) is 0.438. The van der Waals surface area contributed by atoms with E-state index >= 15 is 0 Å². The zero-order chi connectivity index (χ0) is 15.2. The number of nitrogens with one attached hydrogen (secondary N) is 1. The van der Waals surface area contributed by atoms with Gasteiger partial charge in [-0.15, -0.1) is 11.3 Å². The van der Waals surface area contributed by atoms with Gasteiger partial charge in [-0.05, 0) is 30.5 Å². The molecule has 0 aliphatic rings. The van der Waals surface area contributed by atoms with Gasteiger partial charge in [-0.2, -0.15) is 0 Å².